The van der Waals surface area contributed by atoms with E-state index in [4.69, 9.17) is 5.73 Å². The molecule has 0 saturated heterocycles. The van der Waals surface area contributed by atoms with Crippen molar-refractivity contribution in [2.24, 2.45) is 17.8 Å². The van der Waals surface area contributed by atoms with Gasteiger partial charge in [0.05, 0.1) is 18.2 Å². The van der Waals surface area contributed by atoms with Gasteiger partial charge in [-0.05, 0) is 56.1 Å². The third-order valence-corrected chi connectivity index (χ3v) is 5.59. The molecular weight excluding hydrogens is 260 g/mol. The zero-order chi connectivity index (χ0) is 14.4. The highest BCUT2D eigenvalue weighted by Gasteiger charge is 2.42. The summed E-state index contributed by atoms with van der Waals surface area (Å²) in [6, 6.07) is 4.45. The molecule has 2 aromatic rings. The highest BCUT2D eigenvalue weighted by atomic mass is 15.1. The fourth-order valence-corrected chi connectivity index (χ4v) is 4.55. The van der Waals surface area contributed by atoms with Crippen LogP contribution in [0.4, 0.5) is 5.82 Å². The first-order chi connectivity index (χ1) is 10.2. The van der Waals surface area contributed by atoms with Gasteiger partial charge >= 0.3 is 0 Å². The molecule has 0 aromatic carbocycles. The molecular formula is C17H22N4. The first-order valence-corrected chi connectivity index (χ1v) is 7.96. The van der Waals surface area contributed by atoms with E-state index in [-0.39, 0.29) is 0 Å². The van der Waals surface area contributed by atoms with E-state index >= 15 is 0 Å². The Labute approximate surface area is 125 Å². The standard InChI is InChI=1S/C17H22N4/c1-11(15-7-12-2-3-13(15)6-12)21-10-19-9-16(21)14-4-5-20-17(18)8-14/h4-5,8-13,15H,2-3,6-7H2,1H3,(H2,18,20). The zero-order valence-electron chi connectivity index (χ0n) is 12.4. The number of rotatable bonds is 3. The molecule has 4 heteroatoms. The maximum atomic E-state index is 5.82. The van der Waals surface area contributed by atoms with Gasteiger partial charge in [0.15, 0.2) is 0 Å². The lowest BCUT2D eigenvalue weighted by molar-refractivity contribution is 0.244. The van der Waals surface area contributed by atoms with Crippen LogP contribution in [0, 0.1) is 17.8 Å². The molecule has 0 radical (unpaired) electrons. The average Bonchev–Trinajstić information content (AvgIpc) is 3.22. The number of fused-ring (bicyclic) bond motifs is 2. The van der Waals surface area contributed by atoms with Crippen molar-refractivity contribution in [2.45, 2.75) is 38.6 Å². The van der Waals surface area contributed by atoms with Gasteiger partial charge in [-0.2, -0.15) is 0 Å². The van der Waals surface area contributed by atoms with Gasteiger partial charge in [0.25, 0.3) is 0 Å². The Hall–Kier alpha value is -1.84. The van der Waals surface area contributed by atoms with E-state index < -0.39 is 0 Å². The Morgan fingerprint density at radius 2 is 2.24 bits per heavy atom. The fraction of sp³-hybridized carbons (Fsp3) is 0.529. The molecule has 110 valence electrons. The third kappa shape index (κ3) is 2.13. The number of nitrogen functional groups attached to an aromatic ring is 1. The van der Waals surface area contributed by atoms with Gasteiger partial charge in [0.2, 0.25) is 0 Å². The number of nitrogens with two attached hydrogens (primary N) is 1. The predicted octanol–water partition coefficient (Wildman–Crippen LogP) is 3.52. The first kappa shape index (κ1) is 12.9. The normalized spacial score (nSPS) is 28.9. The van der Waals surface area contributed by atoms with E-state index in [2.05, 4.69) is 21.5 Å². The summed E-state index contributed by atoms with van der Waals surface area (Å²) in [6.45, 7) is 2.35. The smallest absolute Gasteiger partial charge is 0.123 e. The lowest BCUT2D eigenvalue weighted by Crippen LogP contribution is -2.22. The molecule has 2 saturated carbocycles. The second-order valence-corrected chi connectivity index (χ2v) is 6.73. The van der Waals surface area contributed by atoms with E-state index in [0.29, 0.717) is 11.9 Å². The van der Waals surface area contributed by atoms with Crippen molar-refractivity contribution < 1.29 is 0 Å². The van der Waals surface area contributed by atoms with Crippen molar-refractivity contribution in [1.29, 1.82) is 0 Å². The topological polar surface area (TPSA) is 56.7 Å². The van der Waals surface area contributed by atoms with Crippen LogP contribution in [0.3, 0.4) is 0 Å². The largest absolute Gasteiger partial charge is 0.384 e. The SMILES string of the molecule is CC(C1CC2CCC1C2)n1cncc1-c1ccnc(N)c1. The van der Waals surface area contributed by atoms with Gasteiger partial charge in [0.1, 0.15) is 5.82 Å². The minimum absolute atomic E-state index is 0.507. The number of anilines is 1. The van der Waals surface area contributed by atoms with Gasteiger partial charge in [0, 0.05) is 17.8 Å². The summed E-state index contributed by atoms with van der Waals surface area (Å²) >= 11 is 0. The van der Waals surface area contributed by atoms with E-state index in [1.165, 1.54) is 25.7 Å². The van der Waals surface area contributed by atoms with Crippen LogP contribution in [0.2, 0.25) is 0 Å². The molecule has 0 aliphatic heterocycles. The van der Waals surface area contributed by atoms with Crippen molar-refractivity contribution in [3.63, 3.8) is 0 Å². The van der Waals surface area contributed by atoms with Crippen molar-refractivity contribution in [1.82, 2.24) is 14.5 Å². The summed E-state index contributed by atoms with van der Waals surface area (Å²) in [5.41, 5.74) is 8.08. The molecule has 0 spiro atoms. The molecule has 2 bridgehead atoms. The average molecular weight is 282 g/mol. The van der Waals surface area contributed by atoms with Gasteiger partial charge in [-0.25, -0.2) is 9.97 Å². The van der Waals surface area contributed by atoms with E-state index in [0.717, 1.165) is 29.0 Å². The summed E-state index contributed by atoms with van der Waals surface area (Å²) in [5.74, 6) is 3.26. The maximum absolute atomic E-state index is 5.82. The number of hydrogen-bond acceptors (Lipinski definition) is 3. The second-order valence-electron chi connectivity index (χ2n) is 6.73. The van der Waals surface area contributed by atoms with Gasteiger partial charge < -0.3 is 10.3 Å². The monoisotopic (exact) mass is 282 g/mol. The first-order valence-electron chi connectivity index (χ1n) is 7.96. The molecule has 2 heterocycles. The van der Waals surface area contributed by atoms with Crippen molar-refractivity contribution in [2.75, 3.05) is 5.73 Å². The minimum atomic E-state index is 0.507. The lowest BCUT2D eigenvalue weighted by Gasteiger charge is -2.30. The van der Waals surface area contributed by atoms with E-state index in [1.807, 2.05) is 24.7 Å². The van der Waals surface area contributed by atoms with Crippen LogP contribution in [0.1, 0.15) is 38.6 Å². The van der Waals surface area contributed by atoms with Crippen LogP contribution in [-0.2, 0) is 0 Å². The highest BCUT2D eigenvalue weighted by molar-refractivity contribution is 5.61. The Morgan fingerprint density at radius 3 is 2.95 bits per heavy atom. The van der Waals surface area contributed by atoms with Crippen LogP contribution in [0.5, 0.6) is 0 Å². The van der Waals surface area contributed by atoms with Crippen molar-refractivity contribution >= 4 is 5.82 Å². The quantitative estimate of drug-likeness (QED) is 0.937. The van der Waals surface area contributed by atoms with Gasteiger partial charge in [-0.3, -0.25) is 0 Å². The highest BCUT2D eigenvalue weighted by Crippen LogP contribution is 2.52. The van der Waals surface area contributed by atoms with Crippen molar-refractivity contribution in [3.8, 4) is 11.3 Å². The Balaban J connectivity index is 1.66. The summed E-state index contributed by atoms with van der Waals surface area (Å²) < 4.78 is 2.33. The van der Waals surface area contributed by atoms with Crippen LogP contribution in [-0.4, -0.2) is 14.5 Å². The molecule has 2 aromatic heterocycles. The number of imidazole rings is 1. The second kappa shape index (κ2) is 4.86. The molecule has 2 N–H and O–H groups in total. The molecule has 4 nitrogen and oxygen atoms in total. The predicted molar refractivity (Wildman–Crippen MR) is 83.5 cm³/mol. The molecule has 2 aliphatic carbocycles. The van der Waals surface area contributed by atoms with Crippen LogP contribution in [0.25, 0.3) is 11.3 Å². The van der Waals surface area contributed by atoms with Gasteiger partial charge in [-0.1, -0.05) is 6.42 Å². The summed E-state index contributed by atoms with van der Waals surface area (Å²) in [4.78, 5) is 8.47. The summed E-state index contributed by atoms with van der Waals surface area (Å²) in [6.07, 6.45) is 11.4. The summed E-state index contributed by atoms with van der Waals surface area (Å²) in [7, 11) is 0. The Morgan fingerprint density at radius 1 is 1.33 bits per heavy atom. The summed E-state index contributed by atoms with van der Waals surface area (Å²) in [5, 5.41) is 0. The minimum Gasteiger partial charge on any atom is -0.384 e. The number of nitrogens with zero attached hydrogens (tertiary/aromatic N) is 3. The molecule has 4 rings (SSSR count). The van der Waals surface area contributed by atoms with Crippen molar-refractivity contribution in [3.05, 3.63) is 30.9 Å². The number of pyridine rings is 1. The van der Waals surface area contributed by atoms with Gasteiger partial charge in [-0.15, -0.1) is 0 Å². The molecule has 21 heavy (non-hydrogen) atoms. The third-order valence-electron chi connectivity index (χ3n) is 5.59. The fourth-order valence-electron chi connectivity index (χ4n) is 4.55. The van der Waals surface area contributed by atoms with Crippen LogP contribution in [0.15, 0.2) is 30.9 Å². The van der Waals surface area contributed by atoms with Crippen LogP contribution >= 0.6 is 0 Å². The lowest BCUT2D eigenvalue weighted by atomic mass is 9.83. The Kier molecular flexibility index (Phi) is 2.98. The number of aromatic nitrogens is 3. The van der Waals surface area contributed by atoms with E-state index in [1.54, 1.807) is 6.20 Å². The molecule has 4 unspecified atom stereocenters. The molecule has 0 amide bonds. The molecule has 2 aliphatic rings. The zero-order valence-corrected chi connectivity index (χ0v) is 12.4. The van der Waals surface area contributed by atoms with E-state index in [9.17, 15) is 0 Å². The Bertz CT molecular complexity index is 648. The van der Waals surface area contributed by atoms with Crippen LogP contribution < -0.4 is 5.73 Å². The maximum Gasteiger partial charge on any atom is 0.123 e. The number of hydrogen-bond donors (Lipinski definition) is 1. The molecule has 4 atom stereocenters. The molecule has 2 fully saturated rings.